The minimum atomic E-state index is -3.61. The molecule has 0 aliphatic carbocycles. The molecular formula is C20H24F4N6O2S. The van der Waals surface area contributed by atoms with Crippen molar-refractivity contribution >= 4 is 27.5 Å². The first-order chi connectivity index (χ1) is 15.4. The lowest BCUT2D eigenvalue weighted by molar-refractivity contribution is -0.119. The molecule has 4 heterocycles. The average molecular weight is 489 g/mol. The van der Waals surface area contributed by atoms with Gasteiger partial charge in [-0.15, -0.1) is 0 Å². The third-order valence-electron chi connectivity index (χ3n) is 6.12. The predicted octanol–water partition coefficient (Wildman–Crippen LogP) is 2.75. The zero-order valence-corrected chi connectivity index (χ0v) is 18.9. The maximum atomic E-state index is 14.5. The summed E-state index contributed by atoms with van der Waals surface area (Å²) in [6.45, 7) is 1.45. The summed E-state index contributed by atoms with van der Waals surface area (Å²) in [4.78, 5) is 10.6. The molecule has 0 spiro atoms. The lowest BCUT2D eigenvalue weighted by Gasteiger charge is -2.46. The number of nitrogens with zero attached hydrogens (tertiary/aromatic N) is 5. The number of aromatic nitrogens is 3. The first-order valence-corrected chi connectivity index (χ1v) is 12.2. The van der Waals surface area contributed by atoms with Crippen molar-refractivity contribution in [1.29, 1.82) is 0 Å². The first kappa shape index (κ1) is 23.8. The Morgan fingerprint density at radius 2 is 2.06 bits per heavy atom. The van der Waals surface area contributed by atoms with Crippen LogP contribution in [0.1, 0.15) is 37.6 Å². The quantitative estimate of drug-likeness (QED) is 0.632. The van der Waals surface area contributed by atoms with Crippen LogP contribution in [-0.2, 0) is 10.0 Å². The van der Waals surface area contributed by atoms with Gasteiger partial charge < -0.3 is 0 Å². The molecular weight excluding hydrogens is 464 g/mol. The normalized spacial score (nSPS) is 26.2. The molecule has 0 amide bonds. The van der Waals surface area contributed by atoms with Gasteiger partial charge in [0, 0.05) is 44.6 Å². The highest BCUT2D eigenvalue weighted by Crippen LogP contribution is 2.40. The fourth-order valence-corrected chi connectivity index (χ4v) is 4.73. The van der Waals surface area contributed by atoms with E-state index in [1.54, 1.807) is 12.3 Å². The Morgan fingerprint density at radius 1 is 1.30 bits per heavy atom. The first-order valence-electron chi connectivity index (χ1n) is 10.3. The predicted molar refractivity (Wildman–Crippen MR) is 115 cm³/mol. The van der Waals surface area contributed by atoms with E-state index in [9.17, 15) is 26.0 Å². The van der Waals surface area contributed by atoms with Gasteiger partial charge >= 0.3 is 0 Å². The molecule has 2 atom stereocenters. The summed E-state index contributed by atoms with van der Waals surface area (Å²) in [5.41, 5.74) is 0.386. The van der Waals surface area contributed by atoms with Crippen molar-refractivity contribution < 1.29 is 26.0 Å². The van der Waals surface area contributed by atoms with Crippen LogP contribution in [0.5, 0.6) is 0 Å². The number of alkyl halides is 4. The Balaban J connectivity index is 1.57. The molecule has 1 N–H and O–H groups in total. The second-order valence-electron chi connectivity index (χ2n) is 8.61. The largest absolute Gasteiger partial charge is 0.282 e. The molecule has 8 nitrogen and oxygen atoms in total. The van der Waals surface area contributed by atoms with Crippen LogP contribution in [0.4, 0.5) is 17.6 Å². The summed E-state index contributed by atoms with van der Waals surface area (Å²) >= 11 is 0. The van der Waals surface area contributed by atoms with E-state index in [2.05, 4.69) is 19.8 Å². The molecule has 2 aliphatic rings. The number of imidazole rings is 1. The number of sulfonamides is 1. The summed E-state index contributed by atoms with van der Waals surface area (Å²) in [7, 11) is -3.61. The molecule has 33 heavy (non-hydrogen) atoms. The van der Waals surface area contributed by atoms with Crippen molar-refractivity contribution in [1.82, 2.24) is 24.2 Å². The smallest absolute Gasteiger partial charge is 0.279 e. The third kappa shape index (κ3) is 4.94. The number of piperidine rings is 1. The summed E-state index contributed by atoms with van der Waals surface area (Å²) in [5, 5.41) is 3.99. The molecule has 0 radical (unpaired) electrons. The Bertz CT molecular complexity index is 1210. The summed E-state index contributed by atoms with van der Waals surface area (Å²) < 4.78 is 81.6. The van der Waals surface area contributed by atoms with Crippen LogP contribution in [0.3, 0.4) is 0 Å². The molecule has 2 aromatic heterocycles. The number of aliphatic imine (C=N–C) groups is 1. The minimum absolute atomic E-state index is 0.0580. The second-order valence-corrected chi connectivity index (χ2v) is 10.4. The van der Waals surface area contributed by atoms with Crippen molar-refractivity contribution in [2.75, 3.05) is 25.9 Å². The number of rotatable bonds is 6. The van der Waals surface area contributed by atoms with E-state index in [0.717, 1.165) is 11.8 Å². The van der Waals surface area contributed by atoms with Crippen LogP contribution in [0.2, 0.25) is 0 Å². The van der Waals surface area contributed by atoms with E-state index >= 15 is 0 Å². The van der Waals surface area contributed by atoms with Crippen LogP contribution < -0.4 is 4.72 Å². The van der Waals surface area contributed by atoms with Gasteiger partial charge in [-0.2, -0.15) is 5.10 Å². The number of hydrogen-bond donors (Lipinski definition) is 1. The van der Waals surface area contributed by atoms with E-state index in [4.69, 9.17) is 0 Å². The average Bonchev–Trinajstić information content (AvgIpc) is 3.15. The van der Waals surface area contributed by atoms with E-state index in [1.165, 1.54) is 22.8 Å². The molecule has 4 rings (SSSR count). The minimum Gasteiger partial charge on any atom is -0.279 e. The fourth-order valence-electron chi connectivity index (χ4n) is 4.23. The number of fused-ring (bicyclic) bond motifs is 1. The molecule has 13 heteroatoms. The van der Waals surface area contributed by atoms with Gasteiger partial charge in [0.25, 0.3) is 12.3 Å². The van der Waals surface area contributed by atoms with Gasteiger partial charge in [0.2, 0.25) is 10.0 Å². The topological polar surface area (TPSA) is 92.0 Å². The standard InChI is InChI=1S/C20H24F4N6O2S/c1-19(29-8-6-20(23,24)14(12-29)10-27-33(2,31)32)9-13(5-7-26-19)16-11-25-17-4-3-15(18(21)22)28-30(16)17/h3-5,7,11,14,18,27H,6,8-10,12H2,1-2H3. The Morgan fingerprint density at radius 3 is 2.76 bits per heavy atom. The molecule has 1 fully saturated rings. The highest BCUT2D eigenvalue weighted by molar-refractivity contribution is 7.88. The van der Waals surface area contributed by atoms with Crippen LogP contribution in [0.15, 0.2) is 29.4 Å². The van der Waals surface area contributed by atoms with Crippen molar-refractivity contribution in [3.05, 3.63) is 35.8 Å². The number of dihydropyridines is 1. The van der Waals surface area contributed by atoms with Crippen molar-refractivity contribution in [3.63, 3.8) is 0 Å². The highest BCUT2D eigenvalue weighted by Gasteiger charge is 2.48. The molecule has 2 aliphatic heterocycles. The van der Waals surface area contributed by atoms with Crippen molar-refractivity contribution in [2.24, 2.45) is 10.9 Å². The van der Waals surface area contributed by atoms with Crippen LogP contribution in [0.25, 0.3) is 11.2 Å². The number of likely N-dealkylation sites (tertiary alicyclic amines) is 1. The van der Waals surface area contributed by atoms with Crippen LogP contribution >= 0.6 is 0 Å². The Kier molecular flexibility index (Phi) is 6.08. The molecule has 2 unspecified atom stereocenters. The van der Waals surface area contributed by atoms with Gasteiger partial charge in [0.05, 0.1) is 18.1 Å². The molecule has 0 saturated carbocycles. The second kappa shape index (κ2) is 8.44. The zero-order chi connectivity index (χ0) is 24.0. The third-order valence-corrected chi connectivity index (χ3v) is 6.81. The maximum absolute atomic E-state index is 14.5. The lowest BCUT2D eigenvalue weighted by atomic mass is 9.88. The number of nitrogens with one attached hydrogen (secondary N) is 1. The Hall–Kier alpha value is -2.38. The number of halogens is 4. The molecule has 180 valence electrons. The van der Waals surface area contributed by atoms with Gasteiger partial charge in [0.15, 0.2) is 5.65 Å². The van der Waals surface area contributed by atoms with E-state index in [-0.39, 0.29) is 25.3 Å². The SMILES string of the molecule is CC1(N2CCC(F)(F)C(CNS(C)(=O)=O)C2)CC(c2cnc3ccc(C(F)F)nn23)=CC=N1. The zero-order valence-electron chi connectivity index (χ0n) is 18.0. The van der Waals surface area contributed by atoms with Crippen molar-refractivity contribution in [2.45, 2.75) is 37.8 Å². The van der Waals surface area contributed by atoms with Gasteiger partial charge in [0.1, 0.15) is 11.4 Å². The van der Waals surface area contributed by atoms with E-state index in [1.807, 2.05) is 11.8 Å². The summed E-state index contributed by atoms with van der Waals surface area (Å²) in [5.74, 6) is -4.23. The van der Waals surface area contributed by atoms with E-state index < -0.39 is 40.4 Å². The molecule has 0 aromatic carbocycles. The fraction of sp³-hybridized carbons (Fsp3) is 0.550. The maximum Gasteiger partial charge on any atom is 0.282 e. The van der Waals surface area contributed by atoms with Gasteiger partial charge in [-0.25, -0.2) is 40.2 Å². The highest BCUT2D eigenvalue weighted by atomic mass is 32.2. The van der Waals surface area contributed by atoms with Gasteiger partial charge in [-0.3, -0.25) is 9.89 Å². The molecule has 0 bridgehead atoms. The summed E-state index contributed by atoms with van der Waals surface area (Å²) in [6.07, 6.45) is 2.90. The van der Waals surface area contributed by atoms with Crippen molar-refractivity contribution in [3.8, 4) is 0 Å². The van der Waals surface area contributed by atoms with E-state index in [0.29, 0.717) is 17.8 Å². The van der Waals surface area contributed by atoms with Gasteiger partial charge in [-0.1, -0.05) is 0 Å². The lowest BCUT2D eigenvalue weighted by Crippen LogP contribution is -2.57. The summed E-state index contributed by atoms with van der Waals surface area (Å²) in [6, 6.07) is 2.68. The van der Waals surface area contributed by atoms with Crippen LogP contribution in [-0.4, -0.2) is 71.6 Å². The Labute approximate surface area is 188 Å². The van der Waals surface area contributed by atoms with Crippen LogP contribution in [0, 0.1) is 5.92 Å². The number of allylic oxidation sites excluding steroid dienone is 1. The number of hydrogen-bond acceptors (Lipinski definition) is 6. The molecule has 2 aromatic rings. The monoisotopic (exact) mass is 488 g/mol. The van der Waals surface area contributed by atoms with Gasteiger partial charge in [-0.05, 0) is 30.7 Å². The molecule has 1 saturated heterocycles.